The number of rotatable bonds is 3. The van der Waals surface area contributed by atoms with Crippen molar-refractivity contribution in [2.75, 3.05) is 26.2 Å². The van der Waals surface area contributed by atoms with E-state index in [-0.39, 0.29) is 30.6 Å². The highest BCUT2D eigenvalue weighted by Gasteiger charge is 2.34. The SMILES string of the molecule is Cc1ccc(F)cc1[C@@H](C1CCC1)N1CCNCC1.Cl.Cl. The molecule has 0 aromatic heterocycles. The molecule has 1 aromatic rings. The molecule has 1 saturated carbocycles. The third-order valence-electron chi connectivity index (χ3n) is 4.70. The molecule has 1 N–H and O–H groups in total. The second-order valence-electron chi connectivity index (χ2n) is 5.92. The van der Waals surface area contributed by atoms with Gasteiger partial charge in [0, 0.05) is 32.2 Å². The van der Waals surface area contributed by atoms with Crippen LogP contribution in [0.25, 0.3) is 0 Å². The summed E-state index contributed by atoms with van der Waals surface area (Å²) >= 11 is 0. The summed E-state index contributed by atoms with van der Waals surface area (Å²) in [6.07, 6.45) is 3.93. The van der Waals surface area contributed by atoms with E-state index in [9.17, 15) is 4.39 Å². The molecule has 0 amide bonds. The zero-order valence-electron chi connectivity index (χ0n) is 12.5. The van der Waals surface area contributed by atoms with Crippen molar-refractivity contribution in [3.63, 3.8) is 0 Å². The lowest BCUT2D eigenvalue weighted by molar-refractivity contribution is 0.0831. The van der Waals surface area contributed by atoms with Crippen LogP contribution in [0.15, 0.2) is 18.2 Å². The van der Waals surface area contributed by atoms with Gasteiger partial charge in [-0.05, 0) is 48.9 Å². The van der Waals surface area contributed by atoms with Gasteiger partial charge in [-0.15, -0.1) is 24.8 Å². The van der Waals surface area contributed by atoms with Crippen molar-refractivity contribution in [1.29, 1.82) is 0 Å². The van der Waals surface area contributed by atoms with E-state index in [1.165, 1.54) is 30.4 Å². The van der Waals surface area contributed by atoms with E-state index in [1.54, 1.807) is 12.1 Å². The third kappa shape index (κ3) is 4.10. The minimum Gasteiger partial charge on any atom is -0.314 e. The van der Waals surface area contributed by atoms with E-state index in [4.69, 9.17) is 0 Å². The Morgan fingerprint density at radius 3 is 2.43 bits per heavy atom. The van der Waals surface area contributed by atoms with Gasteiger partial charge in [-0.25, -0.2) is 4.39 Å². The highest BCUT2D eigenvalue weighted by Crippen LogP contribution is 2.42. The average molecular weight is 335 g/mol. The van der Waals surface area contributed by atoms with Gasteiger partial charge >= 0.3 is 0 Å². The molecule has 120 valence electrons. The van der Waals surface area contributed by atoms with Crippen molar-refractivity contribution < 1.29 is 4.39 Å². The number of nitrogens with zero attached hydrogens (tertiary/aromatic N) is 1. The molecule has 1 heterocycles. The van der Waals surface area contributed by atoms with Gasteiger partial charge in [0.1, 0.15) is 5.82 Å². The molecular formula is C16H25Cl2FN2. The van der Waals surface area contributed by atoms with Crippen LogP contribution in [0.3, 0.4) is 0 Å². The fourth-order valence-corrected chi connectivity index (χ4v) is 3.39. The molecule has 1 aromatic carbocycles. The van der Waals surface area contributed by atoms with Gasteiger partial charge < -0.3 is 5.32 Å². The van der Waals surface area contributed by atoms with Gasteiger partial charge in [0.05, 0.1) is 0 Å². The van der Waals surface area contributed by atoms with E-state index in [0.717, 1.165) is 32.1 Å². The van der Waals surface area contributed by atoms with E-state index < -0.39 is 0 Å². The molecule has 0 bridgehead atoms. The highest BCUT2D eigenvalue weighted by atomic mass is 35.5. The van der Waals surface area contributed by atoms with Crippen molar-refractivity contribution in [3.8, 4) is 0 Å². The Labute approximate surface area is 139 Å². The summed E-state index contributed by atoms with van der Waals surface area (Å²) < 4.78 is 13.6. The molecule has 1 aliphatic heterocycles. The molecule has 2 nitrogen and oxygen atoms in total. The lowest BCUT2D eigenvalue weighted by atomic mass is 9.75. The first kappa shape index (κ1) is 18.7. The topological polar surface area (TPSA) is 15.3 Å². The number of aryl methyl sites for hydroxylation is 1. The first-order chi connectivity index (χ1) is 9.25. The predicted molar refractivity (Wildman–Crippen MR) is 90.2 cm³/mol. The summed E-state index contributed by atoms with van der Waals surface area (Å²) in [7, 11) is 0. The summed E-state index contributed by atoms with van der Waals surface area (Å²) in [5.41, 5.74) is 2.45. The molecule has 5 heteroatoms. The van der Waals surface area contributed by atoms with Crippen LogP contribution in [0.4, 0.5) is 4.39 Å². The Balaban J connectivity index is 0.00000110. The first-order valence-corrected chi connectivity index (χ1v) is 7.46. The average Bonchev–Trinajstić information content (AvgIpc) is 2.38. The Kier molecular flexibility index (Phi) is 7.41. The van der Waals surface area contributed by atoms with Crippen LogP contribution >= 0.6 is 24.8 Å². The Morgan fingerprint density at radius 2 is 1.86 bits per heavy atom. The van der Waals surface area contributed by atoms with Crippen molar-refractivity contribution in [1.82, 2.24) is 10.2 Å². The van der Waals surface area contributed by atoms with Gasteiger partial charge in [0.2, 0.25) is 0 Å². The third-order valence-corrected chi connectivity index (χ3v) is 4.70. The maximum atomic E-state index is 13.6. The smallest absolute Gasteiger partial charge is 0.123 e. The van der Waals surface area contributed by atoms with Crippen molar-refractivity contribution in [2.45, 2.75) is 32.2 Å². The monoisotopic (exact) mass is 334 g/mol. The molecule has 3 rings (SSSR count). The van der Waals surface area contributed by atoms with Crippen LogP contribution in [0.5, 0.6) is 0 Å². The number of hydrogen-bond donors (Lipinski definition) is 1. The summed E-state index contributed by atoms with van der Waals surface area (Å²) in [4.78, 5) is 2.56. The zero-order valence-corrected chi connectivity index (χ0v) is 14.1. The molecule has 0 radical (unpaired) electrons. The fourth-order valence-electron chi connectivity index (χ4n) is 3.39. The van der Waals surface area contributed by atoms with Crippen LogP contribution < -0.4 is 5.32 Å². The van der Waals surface area contributed by atoms with Gasteiger partial charge in [-0.1, -0.05) is 12.5 Å². The summed E-state index contributed by atoms with van der Waals surface area (Å²) in [6, 6.07) is 5.69. The fraction of sp³-hybridized carbons (Fsp3) is 0.625. The highest BCUT2D eigenvalue weighted by molar-refractivity contribution is 5.85. The van der Waals surface area contributed by atoms with Gasteiger partial charge in [0.15, 0.2) is 0 Å². The molecule has 0 unspecified atom stereocenters. The largest absolute Gasteiger partial charge is 0.314 e. The molecule has 0 spiro atoms. The molecule has 2 aliphatic rings. The van der Waals surface area contributed by atoms with Crippen LogP contribution in [0.1, 0.15) is 36.4 Å². The van der Waals surface area contributed by atoms with E-state index in [2.05, 4.69) is 17.1 Å². The molecule has 21 heavy (non-hydrogen) atoms. The predicted octanol–water partition coefficient (Wildman–Crippen LogP) is 3.72. The second-order valence-corrected chi connectivity index (χ2v) is 5.92. The molecule has 1 atom stereocenters. The Hall–Kier alpha value is -0.350. The minimum absolute atomic E-state index is 0. The molecule has 2 fully saturated rings. The normalized spacial score (nSPS) is 20.9. The molecule has 1 saturated heterocycles. The van der Waals surface area contributed by atoms with Crippen LogP contribution in [-0.2, 0) is 0 Å². The van der Waals surface area contributed by atoms with Gasteiger partial charge in [0.25, 0.3) is 0 Å². The van der Waals surface area contributed by atoms with E-state index in [0.29, 0.717) is 6.04 Å². The Bertz CT molecular complexity index is 446. The van der Waals surface area contributed by atoms with E-state index in [1.807, 2.05) is 6.07 Å². The maximum absolute atomic E-state index is 13.6. The molecular weight excluding hydrogens is 310 g/mol. The lowest BCUT2D eigenvalue weighted by Gasteiger charge is -2.43. The zero-order chi connectivity index (χ0) is 13.2. The molecule has 1 aliphatic carbocycles. The van der Waals surface area contributed by atoms with Crippen molar-refractivity contribution >= 4 is 24.8 Å². The van der Waals surface area contributed by atoms with Gasteiger partial charge in [-0.2, -0.15) is 0 Å². The lowest BCUT2D eigenvalue weighted by Crippen LogP contribution is -2.48. The van der Waals surface area contributed by atoms with Crippen molar-refractivity contribution in [2.24, 2.45) is 5.92 Å². The van der Waals surface area contributed by atoms with Gasteiger partial charge in [-0.3, -0.25) is 4.90 Å². The number of halogens is 3. The first-order valence-electron chi connectivity index (χ1n) is 7.46. The summed E-state index contributed by atoms with van der Waals surface area (Å²) in [5, 5.41) is 3.41. The van der Waals surface area contributed by atoms with Crippen LogP contribution in [-0.4, -0.2) is 31.1 Å². The number of hydrogen-bond acceptors (Lipinski definition) is 2. The van der Waals surface area contributed by atoms with Crippen molar-refractivity contribution in [3.05, 3.63) is 35.1 Å². The maximum Gasteiger partial charge on any atom is 0.123 e. The summed E-state index contributed by atoms with van der Waals surface area (Å²) in [6.45, 7) is 6.38. The quantitative estimate of drug-likeness (QED) is 0.906. The van der Waals surface area contributed by atoms with Crippen LogP contribution in [0.2, 0.25) is 0 Å². The number of nitrogens with one attached hydrogen (secondary N) is 1. The number of piperazine rings is 1. The Morgan fingerprint density at radius 1 is 1.19 bits per heavy atom. The van der Waals surface area contributed by atoms with E-state index >= 15 is 0 Å². The number of benzene rings is 1. The summed E-state index contributed by atoms with van der Waals surface area (Å²) in [5.74, 6) is 0.624. The van der Waals surface area contributed by atoms with Crippen LogP contribution in [0, 0.1) is 18.7 Å². The standard InChI is InChI=1S/C16H23FN2.2ClH/c1-12-5-6-14(17)11-15(12)16(13-3-2-4-13)19-9-7-18-8-10-19;;/h5-6,11,13,16,18H,2-4,7-10H2,1H3;2*1H/t16-;;/m1../s1. The minimum atomic E-state index is -0.0972. The second kappa shape index (κ2) is 8.33.